The zero-order valence-corrected chi connectivity index (χ0v) is 12.5. The van der Waals surface area contributed by atoms with Crippen molar-refractivity contribution in [1.82, 2.24) is 0 Å². The molecule has 0 aliphatic heterocycles. The van der Waals surface area contributed by atoms with Crippen molar-refractivity contribution in [2.24, 2.45) is 11.1 Å². The van der Waals surface area contributed by atoms with Crippen LogP contribution in [0.3, 0.4) is 0 Å². The number of carbonyl (C=O) groups is 1. The van der Waals surface area contributed by atoms with Crippen molar-refractivity contribution in [3.8, 4) is 0 Å². The zero-order chi connectivity index (χ0) is 13.3. The van der Waals surface area contributed by atoms with Crippen molar-refractivity contribution < 1.29 is 9.18 Å². The Bertz CT molecular complexity index is 517. The summed E-state index contributed by atoms with van der Waals surface area (Å²) in [5.41, 5.74) is 5.53. The molecule has 0 spiro atoms. The third-order valence-electron chi connectivity index (χ3n) is 3.29. The largest absolute Gasteiger partial charge is 0.392 e. The summed E-state index contributed by atoms with van der Waals surface area (Å²) < 4.78 is 13.6. The molecule has 0 atom stereocenters. The fourth-order valence-electron chi connectivity index (χ4n) is 1.95. The standard InChI is InChI=1S/C12H12FIN2OS/c13-7-2-3-9(8(14)6-7)16-11(17)12(10(15)18)4-1-5-12/h2-3,6H,1,4-5H2,(H2,15,18)(H,16,17). The van der Waals surface area contributed by atoms with Crippen molar-refractivity contribution >= 4 is 51.4 Å². The van der Waals surface area contributed by atoms with Gasteiger partial charge in [0.25, 0.3) is 0 Å². The van der Waals surface area contributed by atoms with E-state index in [1.54, 1.807) is 6.07 Å². The van der Waals surface area contributed by atoms with Gasteiger partial charge < -0.3 is 11.1 Å². The van der Waals surface area contributed by atoms with Gasteiger partial charge in [-0.3, -0.25) is 4.79 Å². The highest BCUT2D eigenvalue weighted by atomic mass is 127. The topological polar surface area (TPSA) is 55.1 Å². The summed E-state index contributed by atoms with van der Waals surface area (Å²) in [5.74, 6) is -0.518. The van der Waals surface area contributed by atoms with Gasteiger partial charge in [-0.1, -0.05) is 18.6 Å². The molecule has 18 heavy (non-hydrogen) atoms. The Kier molecular flexibility index (Phi) is 3.86. The van der Waals surface area contributed by atoms with Crippen molar-refractivity contribution in [2.75, 3.05) is 5.32 Å². The van der Waals surface area contributed by atoms with Crippen LogP contribution < -0.4 is 11.1 Å². The van der Waals surface area contributed by atoms with E-state index in [2.05, 4.69) is 5.32 Å². The monoisotopic (exact) mass is 378 g/mol. The van der Waals surface area contributed by atoms with Gasteiger partial charge >= 0.3 is 0 Å². The van der Waals surface area contributed by atoms with E-state index in [1.807, 2.05) is 22.6 Å². The highest BCUT2D eigenvalue weighted by Crippen LogP contribution is 2.42. The van der Waals surface area contributed by atoms with E-state index in [9.17, 15) is 9.18 Å². The number of hydrogen-bond donors (Lipinski definition) is 2. The Hall–Kier alpha value is -0.760. The highest BCUT2D eigenvalue weighted by molar-refractivity contribution is 14.1. The number of anilines is 1. The molecule has 2 rings (SSSR count). The molecule has 3 nitrogen and oxygen atoms in total. The minimum Gasteiger partial charge on any atom is -0.392 e. The maximum atomic E-state index is 13.0. The van der Waals surface area contributed by atoms with Gasteiger partial charge in [0.15, 0.2) is 0 Å². The van der Waals surface area contributed by atoms with Crippen LogP contribution in [0.15, 0.2) is 18.2 Å². The first-order valence-electron chi connectivity index (χ1n) is 5.52. The number of rotatable bonds is 3. The van der Waals surface area contributed by atoms with Crippen LogP contribution in [-0.4, -0.2) is 10.9 Å². The fourth-order valence-corrected chi connectivity index (χ4v) is 2.86. The molecule has 1 aromatic carbocycles. The van der Waals surface area contributed by atoms with Crippen molar-refractivity contribution in [3.63, 3.8) is 0 Å². The second-order valence-corrected chi connectivity index (χ2v) is 5.98. The molecular weight excluding hydrogens is 366 g/mol. The average Bonchev–Trinajstić information content (AvgIpc) is 2.19. The smallest absolute Gasteiger partial charge is 0.237 e. The minimum absolute atomic E-state index is 0.189. The number of nitrogens with two attached hydrogens (primary N) is 1. The molecule has 96 valence electrons. The van der Waals surface area contributed by atoms with E-state index < -0.39 is 5.41 Å². The molecule has 0 heterocycles. The second kappa shape index (κ2) is 5.08. The molecule has 3 N–H and O–H groups in total. The first-order chi connectivity index (χ1) is 8.45. The Morgan fingerprint density at radius 2 is 2.17 bits per heavy atom. The lowest BCUT2D eigenvalue weighted by Crippen LogP contribution is -2.50. The summed E-state index contributed by atoms with van der Waals surface area (Å²) in [7, 11) is 0. The summed E-state index contributed by atoms with van der Waals surface area (Å²) in [6, 6.07) is 4.22. The van der Waals surface area contributed by atoms with E-state index in [4.69, 9.17) is 18.0 Å². The summed E-state index contributed by atoms with van der Waals surface area (Å²) in [6.45, 7) is 0. The molecule has 0 unspecified atom stereocenters. The van der Waals surface area contributed by atoms with Crippen LogP contribution in [0.25, 0.3) is 0 Å². The highest BCUT2D eigenvalue weighted by Gasteiger charge is 2.47. The van der Waals surface area contributed by atoms with E-state index in [-0.39, 0.29) is 16.7 Å². The lowest BCUT2D eigenvalue weighted by molar-refractivity contribution is -0.125. The molecular formula is C12H12FIN2OS. The molecule has 1 amide bonds. The van der Waals surface area contributed by atoms with E-state index >= 15 is 0 Å². The zero-order valence-electron chi connectivity index (χ0n) is 9.50. The molecule has 1 saturated carbocycles. The summed E-state index contributed by atoms with van der Waals surface area (Å²) in [4.78, 5) is 12.5. The molecule has 6 heteroatoms. The van der Waals surface area contributed by atoms with Crippen LogP contribution in [0.5, 0.6) is 0 Å². The first-order valence-corrected chi connectivity index (χ1v) is 7.01. The van der Waals surface area contributed by atoms with Crippen LogP contribution in [0.2, 0.25) is 0 Å². The third-order valence-corrected chi connectivity index (χ3v) is 4.58. The Balaban J connectivity index is 2.19. The van der Waals surface area contributed by atoms with Crippen molar-refractivity contribution in [2.45, 2.75) is 19.3 Å². The number of hydrogen-bond acceptors (Lipinski definition) is 2. The maximum absolute atomic E-state index is 13.0. The number of thiocarbonyl (C=S) groups is 1. The second-order valence-electron chi connectivity index (χ2n) is 4.38. The molecule has 0 radical (unpaired) electrons. The average molecular weight is 378 g/mol. The SMILES string of the molecule is NC(=S)C1(C(=O)Nc2ccc(F)cc2I)CCC1. The van der Waals surface area contributed by atoms with Gasteiger partial charge in [0.1, 0.15) is 5.82 Å². The molecule has 1 aliphatic carbocycles. The third kappa shape index (κ3) is 2.35. The molecule has 0 aromatic heterocycles. The quantitative estimate of drug-likeness (QED) is 0.628. The maximum Gasteiger partial charge on any atom is 0.237 e. The lowest BCUT2D eigenvalue weighted by atomic mass is 9.68. The number of nitrogens with one attached hydrogen (secondary N) is 1. The normalized spacial score (nSPS) is 16.8. The molecule has 0 bridgehead atoms. The predicted octanol–water partition coefficient (Wildman–Crippen LogP) is 2.83. The van der Waals surface area contributed by atoms with Gasteiger partial charge in [0.05, 0.1) is 16.1 Å². The van der Waals surface area contributed by atoms with Crippen LogP contribution in [0, 0.1) is 14.8 Å². The van der Waals surface area contributed by atoms with Gasteiger partial charge in [-0.05, 0) is 53.6 Å². The van der Waals surface area contributed by atoms with Gasteiger partial charge in [-0.2, -0.15) is 0 Å². The summed E-state index contributed by atoms with van der Waals surface area (Å²) >= 11 is 6.96. The molecule has 1 aromatic rings. The van der Waals surface area contributed by atoms with Crippen molar-refractivity contribution in [1.29, 1.82) is 0 Å². The van der Waals surface area contributed by atoms with Gasteiger partial charge in [0.2, 0.25) is 5.91 Å². The van der Waals surface area contributed by atoms with Gasteiger partial charge in [0, 0.05) is 3.57 Å². The first kappa shape index (κ1) is 13.7. The molecule has 0 saturated heterocycles. The number of carbonyl (C=O) groups excluding carboxylic acids is 1. The number of amides is 1. The van der Waals surface area contributed by atoms with Gasteiger partial charge in [-0.15, -0.1) is 0 Å². The van der Waals surface area contributed by atoms with E-state index in [1.165, 1.54) is 12.1 Å². The van der Waals surface area contributed by atoms with Crippen LogP contribution in [-0.2, 0) is 4.79 Å². The van der Waals surface area contributed by atoms with Crippen LogP contribution in [0.4, 0.5) is 10.1 Å². The summed E-state index contributed by atoms with van der Waals surface area (Å²) in [6.07, 6.45) is 2.32. The van der Waals surface area contributed by atoms with E-state index in [0.29, 0.717) is 22.1 Å². The Labute approximate surface area is 123 Å². The Morgan fingerprint density at radius 1 is 1.50 bits per heavy atom. The van der Waals surface area contributed by atoms with E-state index in [0.717, 1.165) is 6.42 Å². The van der Waals surface area contributed by atoms with Gasteiger partial charge in [-0.25, -0.2) is 4.39 Å². The molecule has 1 aliphatic rings. The number of benzene rings is 1. The molecule has 1 fully saturated rings. The van der Waals surface area contributed by atoms with Crippen LogP contribution in [0.1, 0.15) is 19.3 Å². The lowest BCUT2D eigenvalue weighted by Gasteiger charge is -2.39. The van der Waals surface area contributed by atoms with Crippen LogP contribution >= 0.6 is 34.8 Å². The minimum atomic E-state index is -0.715. The predicted molar refractivity (Wildman–Crippen MR) is 80.8 cm³/mol. The number of halogens is 2. The summed E-state index contributed by atoms with van der Waals surface area (Å²) in [5, 5.41) is 2.78. The Morgan fingerprint density at radius 3 is 2.61 bits per heavy atom. The van der Waals surface area contributed by atoms with Crippen molar-refractivity contribution in [3.05, 3.63) is 27.6 Å². The fraction of sp³-hybridized carbons (Fsp3) is 0.333.